The Hall–Kier alpha value is -4.12. The van der Waals surface area contributed by atoms with Gasteiger partial charge in [0.25, 0.3) is 5.91 Å². The van der Waals surface area contributed by atoms with E-state index in [1.807, 2.05) is 41.0 Å². The Bertz CT molecular complexity index is 1490. The van der Waals surface area contributed by atoms with Crippen molar-refractivity contribution in [2.75, 3.05) is 12.9 Å². The standard InChI is InChI=1S/C29H28F3N5O2S/c1-28(2,3)21-11-9-19(10-12-21)26-35-36-27(37(26)22-13-15-23(39-4)16-14-22)40-18-25(38)34-33-17-20-7-5-6-8-24(20)29(30,31)32/h5-17H,18H2,1-4H3,(H,34,38)/b33-17+. The molecule has 0 aliphatic carbocycles. The van der Waals surface area contributed by atoms with Gasteiger partial charge >= 0.3 is 6.18 Å². The number of amides is 1. The lowest BCUT2D eigenvalue weighted by atomic mass is 9.87. The van der Waals surface area contributed by atoms with Crippen molar-refractivity contribution >= 4 is 23.9 Å². The van der Waals surface area contributed by atoms with Crippen molar-refractivity contribution in [3.8, 4) is 22.8 Å². The van der Waals surface area contributed by atoms with Crippen LogP contribution in [0, 0.1) is 0 Å². The minimum absolute atomic E-state index is 0.00609. The highest BCUT2D eigenvalue weighted by Gasteiger charge is 2.32. The molecule has 1 aromatic heterocycles. The average molecular weight is 568 g/mol. The Morgan fingerprint density at radius 3 is 2.30 bits per heavy atom. The molecule has 7 nitrogen and oxygen atoms in total. The van der Waals surface area contributed by atoms with Crippen LogP contribution in [0.25, 0.3) is 17.1 Å². The fourth-order valence-corrected chi connectivity index (χ4v) is 4.58. The Balaban J connectivity index is 1.54. The van der Waals surface area contributed by atoms with E-state index in [0.29, 0.717) is 16.7 Å². The molecule has 3 aromatic carbocycles. The van der Waals surface area contributed by atoms with Gasteiger partial charge in [0.05, 0.1) is 24.6 Å². The molecule has 40 heavy (non-hydrogen) atoms. The van der Waals surface area contributed by atoms with Crippen molar-refractivity contribution in [1.29, 1.82) is 0 Å². The van der Waals surface area contributed by atoms with Gasteiger partial charge in [0.1, 0.15) is 5.75 Å². The van der Waals surface area contributed by atoms with Crippen LogP contribution in [0.3, 0.4) is 0 Å². The fraction of sp³-hybridized carbons (Fsp3) is 0.241. The number of carbonyl (C=O) groups excluding carboxylic acids is 1. The van der Waals surface area contributed by atoms with Crippen LogP contribution in [-0.4, -0.2) is 39.7 Å². The lowest BCUT2D eigenvalue weighted by Crippen LogP contribution is -2.20. The molecule has 0 atom stereocenters. The summed E-state index contributed by atoms with van der Waals surface area (Å²) < 4.78 is 46.7. The number of nitrogens with zero attached hydrogens (tertiary/aromatic N) is 4. The first-order chi connectivity index (χ1) is 19.0. The third kappa shape index (κ3) is 6.90. The molecule has 1 N–H and O–H groups in total. The molecule has 208 valence electrons. The van der Waals surface area contributed by atoms with Gasteiger partial charge in [0.15, 0.2) is 11.0 Å². The highest BCUT2D eigenvalue weighted by Crippen LogP contribution is 2.32. The number of alkyl halides is 3. The molecule has 0 saturated carbocycles. The normalized spacial score (nSPS) is 12.1. The number of halogens is 3. The Morgan fingerprint density at radius 2 is 1.68 bits per heavy atom. The molecular weight excluding hydrogens is 539 g/mol. The van der Waals surface area contributed by atoms with E-state index < -0.39 is 17.6 Å². The van der Waals surface area contributed by atoms with E-state index >= 15 is 0 Å². The van der Waals surface area contributed by atoms with Crippen molar-refractivity contribution in [3.05, 3.63) is 89.5 Å². The van der Waals surface area contributed by atoms with Crippen LogP contribution in [0.4, 0.5) is 13.2 Å². The van der Waals surface area contributed by atoms with E-state index in [1.54, 1.807) is 7.11 Å². The van der Waals surface area contributed by atoms with Crippen LogP contribution >= 0.6 is 11.8 Å². The molecule has 0 spiro atoms. The summed E-state index contributed by atoms with van der Waals surface area (Å²) in [6.07, 6.45) is -3.55. The zero-order valence-corrected chi connectivity index (χ0v) is 23.2. The van der Waals surface area contributed by atoms with Crippen molar-refractivity contribution in [2.24, 2.45) is 5.10 Å². The average Bonchev–Trinajstić information content (AvgIpc) is 3.35. The second-order valence-electron chi connectivity index (χ2n) is 9.83. The number of nitrogens with one attached hydrogen (secondary N) is 1. The third-order valence-electron chi connectivity index (χ3n) is 5.96. The summed E-state index contributed by atoms with van der Waals surface area (Å²) in [6, 6.07) is 20.4. The number of carbonyl (C=O) groups is 1. The van der Waals surface area contributed by atoms with E-state index in [-0.39, 0.29) is 16.7 Å². The van der Waals surface area contributed by atoms with Crippen molar-refractivity contribution < 1.29 is 22.7 Å². The lowest BCUT2D eigenvalue weighted by molar-refractivity contribution is -0.137. The summed E-state index contributed by atoms with van der Waals surface area (Å²) in [5.74, 6) is 0.683. The summed E-state index contributed by atoms with van der Waals surface area (Å²) in [4.78, 5) is 12.5. The number of hydrogen-bond acceptors (Lipinski definition) is 6. The van der Waals surface area contributed by atoms with E-state index in [2.05, 4.69) is 53.6 Å². The predicted octanol–water partition coefficient (Wildman–Crippen LogP) is 6.50. The van der Waals surface area contributed by atoms with Crippen LogP contribution in [-0.2, 0) is 16.4 Å². The molecule has 0 aliphatic rings. The minimum atomic E-state index is -4.53. The fourth-order valence-electron chi connectivity index (χ4n) is 3.84. The van der Waals surface area contributed by atoms with E-state index in [0.717, 1.165) is 35.3 Å². The number of benzene rings is 3. The highest BCUT2D eigenvalue weighted by atomic mass is 32.2. The number of hydrogen-bond donors (Lipinski definition) is 1. The quantitative estimate of drug-likeness (QED) is 0.149. The molecule has 0 radical (unpaired) electrons. The van der Waals surface area contributed by atoms with Gasteiger partial charge in [-0.1, -0.05) is 75.0 Å². The summed E-state index contributed by atoms with van der Waals surface area (Å²) in [7, 11) is 1.58. The lowest BCUT2D eigenvalue weighted by Gasteiger charge is -2.19. The van der Waals surface area contributed by atoms with Crippen LogP contribution in [0.5, 0.6) is 5.75 Å². The number of thioether (sulfide) groups is 1. The van der Waals surface area contributed by atoms with Gasteiger partial charge in [-0.25, -0.2) is 5.43 Å². The Kier molecular flexibility index (Phi) is 8.63. The molecule has 1 amide bonds. The van der Waals surface area contributed by atoms with Gasteiger partial charge in [-0.3, -0.25) is 9.36 Å². The summed E-state index contributed by atoms with van der Waals surface area (Å²) >= 11 is 1.13. The first kappa shape index (κ1) is 28.9. The molecule has 0 bridgehead atoms. The maximum Gasteiger partial charge on any atom is 0.417 e. The van der Waals surface area contributed by atoms with E-state index in [4.69, 9.17) is 4.74 Å². The third-order valence-corrected chi connectivity index (χ3v) is 6.89. The summed E-state index contributed by atoms with van der Waals surface area (Å²) in [5, 5.41) is 12.9. The van der Waals surface area contributed by atoms with Gasteiger partial charge < -0.3 is 4.74 Å². The summed E-state index contributed by atoms with van der Waals surface area (Å²) in [5.41, 5.74) is 4.09. The second kappa shape index (κ2) is 12.0. The Morgan fingerprint density at radius 1 is 1.00 bits per heavy atom. The SMILES string of the molecule is COc1ccc(-n2c(SCC(=O)N/N=C/c3ccccc3C(F)(F)F)nnc2-c2ccc(C(C)(C)C)cc2)cc1. The van der Waals surface area contributed by atoms with Gasteiger partial charge in [0.2, 0.25) is 0 Å². The molecule has 1 heterocycles. The molecule has 0 saturated heterocycles. The van der Waals surface area contributed by atoms with Crippen LogP contribution in [0.1, 0.15) is 37.5 Å². The van der Waals surface area contributed by atoms with Crippen LogP contribution in [0.15, 0.2) is 83.1 Å². The highest BCUT2D eigenvalue weighted by molar-refractivity contribution is 7.99. The van der Waals surface area contributed by atoms with Gasteiger partial charge in [-0.15, -0.1) is 10.2 Å². The Labute approximate surface area is 234 Å². The second-order valence-corrected chi connectivity index (χ2v) is 10.8. The smallest absolute Gasteiger partial charge is 0.417 e. The number of ether oxygens (including phenoxy) is 1. The van der Waals surface area contributed by atoms with Gasteiger partial charge in [0, 0.05) is 16.8 Å². The summed E-state index contributed by atoms with van der Waals surface area (Å²) in [6.45, 7) is 6.42. The molecular formula is C29H28F3N5O2S. The molecule has 0 aliphatic heterocycles. The monoisotopic (exact) mass is 567 g/mol. The number of methoxy groups -OCH3 is 1. The van der Waals surface area contributed by atoms with Gasteiger partial charge in [-0.05, 0) is 41.3 Å². The number of hydrazone groups is 1. The van der Waals surface area contributed by atoms with Crippen molar-refractivity contribution in [1.82, 2.24) is 20.2 Å². The molecule has 4 aromatic rings. The molecule has 11 heteroatoms. The van der Waals surface area contributed by atoms with Crippen molar-refractivity contribution in [3.63, 3.8) is 0 Å². The molecule has 0 fully saturated rings. The van der Waals surface area contributed by atoms with Crippen LogP contribution in [0.2, 0.25) is 0 Å². The topological polar surface area (TPSA) is 81.4 Å². The van der Waals surface area contributed by atoms with Gasteiger partial charge in [-0.2, -0.15) is 18.3 Å². The van der Waals surface area contributed by atoms with Crippen molar-refractivity contribution in [2.45, 2.75) is 37.5 Å². The maximum atomic E-state index is 13.2. The first-order valence-corrected chi connectivity index (χ1v) is 13.3. The molecule has 0 unspecified atom stereocenters. The van der Waals surface area contributed by atoms with E-state index in [1.165, 1.54) is 23.8 Å². The number of aromatic nitrogens is 3. The minimum Gasteiger partial charge on any atom is -0.497 e. The molecule has 4 rings (SSSR count). The number of rotatable bonds is 8. The van der Waals surface area contributed by atoms with E-state index in [9.17, 15) is 18.0 Å². The zero-order chi connectivity index (χ0) is 28.9. The zero-order valence-electron chi connectivity index (χ0n) is 22.4. The van der Waals surface area contributed by atoms with Crippen LogP contribution < -0.4 is 10.2 Å². The largest absolute Gasteiger partial charge is 0.497 e. The predicted molar refractivity (Wildman–Crippen MR) is 150 cm³/mol. The first-order valence-electron chi connectivity index (χ1n) is 12.3. The maximum absolute atomic E-state index is 13.2.